The van der Waals surface area contributed by atoms with Crippen LogP contribution in [0.25, 0.3) is 11.3 Å². The lowest BCUT2D eigenvalue weighted by Crippen LogP contribution is -1.83. The molecule has 4 nitrogen and oxygen atoms in total. The summed E-state index contributed by atoms with van der Waals surface area (Å²) in [6.07, 6.45) is 1.51. The number of nitrogens with one attached hydrogen (secondary N) is 1. The molecule has 0 bridgehead atoms. The number of H-pyrrole nitrogens is 1. The molecule has 0 unspecified atom stereocenters. The number of rotatable bonds is 3. The van der Waals surface area contributed by atoms with E-state index in [9.17, 15) is 0 Å². The molecule has 18 heavy (non-hydrogen) atoms. The van der Waals surface area contributed by atoms with Crippen molar-refractivity contribution in [3.63, 3.8) is 0 Å². The van der Waals surface area contributed by atoms with Gasteiger partial charge in [-0.25, -0.2) is 0 Å². The summed E-state index contributed by atoms with van der Waals surface area (Å²) in [6.45, 7) is 0. The van der Waals surface area contributed by atoms with E-state index < -0.39 is 0 Å². The van der Waals surface area contributed by atoms with Crippen LogP contribution in [-0.4, -0.2) is 18.3 Å². The van der Waals surface area contributed by atoms with Crippen molar-refractivity contribution in [3.8, 4) is 17.3 Å². The van der Waals surface area contributed by atoms with Crippen molar-refractivity contribution in [2.24, 2.45) is 5.16 Å². The molecule has 90 valence electrons. The minimum Gasteiger partial charge on any atom is -0.399 e. The van der Waals surface area contributed by atoms with Crippen molar-refractivity contribution in [1.82, 2.24) is 4.98 Å². The summed E-state index contributed by atoms with van der Waals surface area (Å²) >= 11 is 5.83. The van der Waals surface area contributed by atoms with Gasteiger partial charge in [-0.3, -0.25) is 0 Å². The van der Waals surface area contributed by atoms with Gasteiger partial charge in [-0.15, -0.1) is 0 Å². The van der Waals surface area contributed by atoms with E-state index in [1.165, 1.54) is 13.3 Å². The Kier molecular flexibility index (Phi) is 3.66. The van der Waals surface area contributed by atoms with Crippen molar-refractivity contribution >= 4 is 17.8 Å². The van der Waals surface area contributed by atoms with Crippen molar-refractivity contribution in [3.05, 3.63) is 46.6 Å². The van der Waals surface area contributed by atoms with Gasteiger partial charge in [0.1, 0.15) is 13.2 Å². The first-order valence-electron chi connectivity index (χ1n) is 5.20. The molecule has 0 amide bonds. The van der Waals surface area contributed by atoms with Gasteiger partial charge in [0, 0.05) is 5.02 Å². The third kappa shape index (κ3) is 2.53. The zero-order chi connectivity index (χ0) is 13.0. The van der Waals surface area contributed by atoms with Crippen LogP contribution in [0.2, 0.25) is 5.02 Å². The second-order valence-electron chi connectivity index (χ2n) is 3.55. The van der Waals surface area contributed by atoms with Crippen molar-refractivity contribution in [2.45, 2.75) is 0 Å². The molecule has 5 heteroatoms. The summed E-state index contributed by atoms with van der Waals surface area (Å²) in [7, 11) is 1.46. The van der Waals surface area contributed by atoms with Gasteiger partial charge in [-0.1, -0.05) is 28.9 Å². The summed E-state index contributed by atoms with van der Waals surface area (Å²) in [5, 5.41) is 13.4. The smallest absolute Gasteiger partial charge is 0.106 e. The number of benzene rings is 1. The summed E-state index contributed by atoms with van der Waals surface area (Å²) < 4.78 is 0. The molecule has 0 spiro atoms. The number of hydrogen-bond acceptors (Lipinski definition) is 3. The van der Waals surface area contributed by atoms with E-state index in [4.69, 9.17) is 16.9 Å². The molecule has 0 saturated heterocycles. The van der Waals surface area contributed by atoms with Gasteiger partial charge >= 0.3 is 0 Å². The Balaban J connectivity index is 2.44. The molecule has 1 aromatic heterocycles. The number of aromatic amines is 1. The number of hydrogen-bond donors (Lipinski definition) is 1. The van der Waals surface area contributed by atoms with Gasteiger partial charge in [0.25, 0.3) is 0 Å². The lowest BCUT2D eigenvalue weighted by atomic mass is 10.1. The number of nitriles is 1. The normalized spacial score (nSPS) is 10.5. The van der Waals surface area contributed by atoms with Crippen LogP contribution in [0.3, 0.4) is 0 Å². The topological polar surface area (TPSA) is 61.2 Å². The number of nitrogens with zero attached hydrogens (tertiary/aromatic N) is 2. The fraction of sp³-hybridized carbons (Fsp3) is 0.0769. The van der Waals surface area contributed by atoms with E-state index >= 15 is 0 Å². The van der Waals surface area contributed by atoms with Crippen molar-refractivity contribution < 1.29 is 4.84 Å². The molecular formula is C13H10ClN3O. The molecule has 0 aliphatic heterocycles. The number of oxime groups is 1. The zero-order valence-corrected chi connectivity index (χ0v) is 10.4. The average Bonchev–Trinajstić information content (AvgIpc) is 2.80. The second kappa shape index (κ2) is 5.39. The molecule has 1 N–H and O–H groups in total. The van der Waals surface area contributed by atoms with Gasteiger partial charge in [0.15, 0.2) is 0 Å². The molecule has 1 heterocycles. The van der Waals surface area contributed by atoms with Gasteiger partial charge in [-0.05, 0) is 23.8 Å². The van der Waals surface area contributed by atoms with Crippen LogP contribution in [0.4, 0.5) is 0 Å². The molecular weight excluding hydrogens is 250 g/mol. The van der Waals surface area contributed by atoms with E-state index in [2.05, 4.69) is 21.0 Å². The van der Waals surface area contributed by atoms with E-state index in [1.54, 1.807) is 18.2 Å². The Morgan fingerprint density at radius 1 is 1.39 bits per heavy atom. The van der Waals surface area contributed by atoms with E-state index in [0.29, 0.717) is 16.3 Å². The Labute approximate surface area is 109 Å². The van der Waals surface area contributed by atoms with Crippen molar-refractivity contribution in [1.29, 1.82) is 5.26 Å². The molecule has 0 atom stereocenters. The summed E-state index contributed by atoms with van der Waals surface area (Å²) in [5.74, 6) is 0. The van der Waals surface area contributed by atoms with Crippen LogP contribution in [0.1, 0.15) is 11.3 Å². The fourth-order valence-corrected chi connectivity index (χ4v) is 1.71. The summed E-state index contributed by atoms with van der Waals surface area (Å²) in [6, 6.07) is 11.1. The highest BCUT2D eigenvalue weighted by atomic mass is 35.5. The second-order valence-corrected chi connectivity index (χ2v) is 3.99. The largest absolute Gasteiger partial charge is 0.399 e. The molecule has 0 radical (unpaired) electrons. The fourth-order valence-electron chi connectivity index (χ4n) is 1.59. The molecule has 0 aliphatic rings. The minimum absolute atomic E-state index is 0.551. The van der Waals surface area contributed by atoms with Crippen LogP contribution in [0.15, 0.2) is 35.5 Å². The maximum atomic E-state index is 9.10. The van der Waals surface area contributed by atoms with Crippen LogP contribution in [-0.2, 0) is 4.84 Å². The summed E-state index contributed by atoms with van der Waals surface area (Å²) in [4.78, 5) is 7.71. The van der Waals surface area contributed by atoms with E-state index in [-0.39, 0.29) is 0 Å². The first-order chi connectivity index (χ1) is 8.74. The molecule has 2 rings (SSSR count). The molecule has 0 fully saturated rings. The summed E-state index contributed by atoms with van der Waals surface area (Å²) in [5.41, 5.74) is 2.90. The molecule has 0 aliphatic carbocycles. The molecule has 1 aromatic carbocycles. The third-order valence-corrected chi connectivity index (χ3v) is 2.64. The standard InChI is InChI=1S/C13H10ClN3O/c1-18-16-8-12-6-10(7-15)13(17-12)9-2-4-11(14)5-3-9/h2-6,8,17H,1H3/b16-8+. The lowest BCUT2D eigenvalue weighted by molar-refractivity contribution is 0.215. The maximum absolute atomic E-state index is 9.10. The first kappa shape index (κ1) is 12.2. The van der Waals surface area contributed by atoms with Crippen LogP contribution >= 0.6 is 11.6 Å². The Bertz CT molecular complexity index is 608. The Hall–Kier alpha value is -2.25. The molecule has 2 aromatic rings. The van der Waals surface area contributed by atoms with Gasteiger partial charge in [-0.2, -0.15) is 5.26 Å². The van der Waals surface area contributed by atoms with Gasteiger partial charge in [0.05, 0.1) is 23.2 Å². The highest BCUT2D eigenvalue weighted by Gasteiger charge is 2.09. The third-order valence-electron chi connectivity index (χ3n) is 2.39. The van der Waals surface area contributed by atoms with Crippen LogP contribution in [0.5, 0.6) is 0 Å². The predicted octanol–water partition coefficient (Wildman–Crippen LogP) is 3.19. The predicted molar refractivity (Wildman–Crippen MR) is 70.6 cm³/mol. The maximum Gasteiger partial charge on any atom is 0.106 e. The zero-order valence-electron chi connectivity index (χ0n) is 9.64. The Morgan fingerprint density at radius 3 is 2.72 bits per heavy atom. The van der Waals surface area contributed by atoms with E-state index in [0.717, 1.165) is 11.3 Å². The molecule has 0 saturated carbocycles. The van der Waals surface area contributed by atoms with Gasteiger partial charge in [0.2, 0.25) is 0 Å². The van der Waals surface area contributed by atoms with Crippen molar-refractivity contribution in [2.75, 3.05) is 7.11 Å². The van der Waals surface area contributed by atoms with Crippen LogP contribution in [0, 0.1) is 11.3 Å². The highest BCUT2D eigenvalue weighted by Crippen LogP contribution is 2.24. The minimum atomic E-state index is 0.551. The Morgan fingerprint density at radius 2 is 2.11 bits per heavy atom. The quantitative estimate of drug-likeness (QED) is 0.680. The van der Waals surface area contributed by atoms with Crippen LogP contribution < -0.4 is 0 Å². The SMILES string of the molecule is CO/N=C/c1cc(C#N)c(-c2ccc(Cl)cc2)[nH]1. The average molecular weight is 260 g/mol. The highest BCUT2D eigenvalue weighted by molar-refractivity contribution is 6.30. The number of aromatic nitrogens is 1. The van der Waals surface area contributed by atoms with Gasteiger partial charge < -0.3 is 9.82 Å². The lowest BCUT2D eigenvalue weighted by Gasteiger charge is -1.99. The first-order valence-corrected chi connectivity index (χ1v) is 5.58. The number of halogens is 1. The van der Waals surface area contributed by atoms with E-state index in [1.807, 2.05) is 12.1 Å². The monoisotopic (exact) mass is 259 g/mol.